The van der Waals surface area contributed by atoms with Crippen LogP contribution in [0.15, 0.2) is 0 Å². The summed E-state index contributed by atoms with van der Waals surface area (Å²) in [4.78, 5) is 11.4. The highest BCUT2D eigenvalue weighted by Gasteiger charge is 2.37. The van der Waals surface area contributed by atoms with Gasteiger partial charge in [-0.3, -0.25) is 4.79 Å². The lowest BCUT2D eigenvalue weighted by molar-refractivity contribution is -0.133. The SMILES string of the molecule is COC(C)C(=O)NCC1(OC)CCC1. The first kappa shape index (κ1) is 11.5. The van der Waals surface area contributed by atoms with E-state index < -0.39 is 0 Å². The van der Waals surface area contributed by atoms with Gasteiger partial charge in [-0.05, 0) is 26.2 Å². The van der Waals surface area contributed by atoms with E-state index in [1.807, 2.05) is 0 Å². The largest absolute Gasteiger partial charge is 0.376 e. The summed E-state index contributed by atoms with van der Waals surface area (Å²) in [7, 11) is 3.23. The van der Waals surface area contributed by atoms with Crippen molar-refractivity contribution in [2.45, 2.75) is 37.9 Å². The minimum Gasteiger partial charge on any atom is -0.376 e. The number of ether oxygens (including phenoxy) is 2. The zero-order valence-corrected chi connectivity index (χ0v) is 9.13. The molecule has 82 valence electrons. The van der Waals surface area contributed by atoms with Gasteiger partial charge in [-0.2, -0.15) is 0 Å². The molecule has 0 radical (unpaired) electrons. The van der Waals surface area contributed by atoms with Crippen LogP contribution in [0.5, 0.6) is 0 Å². The van der Waals surface area contributed by atoms with Gasteiger partial charge in [-0.1, -0.05) is 0 Å². The van der Waals surface area contributed by atoms with Crippen LogP contribution in [-0.2, 0) is 14.3 Å². The highest BCUT2D eigenvalue weighted by Crippen LogP contribution is 2.34. The van der Waals surface area contributed by atoms with Gasteiger partial charge in [0, 0.05) is 20.8 Å². The molecule has 1 N–H and O–H groups in total. The van der Waals surface area contributed by atoms with Gasteiger partial charge < -0.3 is 14.8 Å². The molecular formula is C10H19NO3. The first-order valence-electron chi connectivity index (χ1n) is 4.99. The highest BCUT2D eigenvalue weighted by molar-refractivity contribution is 5.80. The molecule has 0 saturated heterocycles. The lowest BCUT2D eigenvalue weighted by atomic mass is 9.80. The molecule has 1 atom stereocenters. The molecule has 1 saturated carbocycles. The zero-order valence-electron chi connectivity index (χ0n) is 9.13. The zero-order chi connectivity index (χ0) is 10.6. The fourth-order valence-corrected chi connectivity index (χ4v) is 1.52. The summed E-state index contributed by atoms with van der Waals surface area (Å²) in [6.07, 6.45) is 2.86. The Kier molecular flexibility index (Phi) is 3.89. The second kappa shape index (κ2) is 4.75. The van der Waals surface area contributed by atoms with Crippen molar-refractivity contribution in [2.24, 2.45) is 0 Å². The van der Waals surface area contributed by atoms with Gasteiger partial charge in [0.05, 0.1) is 5.60 Å². The molecule has 0 heterocycles. The maximum absolute atomic E-state index is 11.4. The fraction of sp³-hybridized carbons (Fsp3) is 0.900. The van der Waals surface area contributed by atoms with Crippen molar-refractivity contribution in [1.82, 2.24) is 5.32 Å². The Morgan fingerprint density at radius 1 is 1.50 bits per heavy atom. The average molecular weight is 201 g/mol. The molecule has 1 amide bonds. The molecular weight excluding hydrogens is 182 g/mol. The van der Waals surface area contributed by atoms with E-state index >= 15 is 0 Å². The number of amides is 1. The van der Waals surface area contributed by atoms with Crippen molar-refractivity contribution in [3.05, 3.63) is 0 Å². The van der Waals surface area contributed by atoms with Crippen LogP contribution in [0.4, 0.5) is 0 Å². The smallest absolute Gasteiger partial charge is 0.248 e. The number of hydrogen-bond donors (Lipinski definition) is 1. The third kappa shape index (κ3) is 2.45. The van der Waals surface area contributed by atoms with Crippen molar-refractivity contribution in [1.29, 1.82) is 0 Å². The molecule has 1 rings (SSSR count). The van der Waals surface area contributed by atoms with Gasteiger partial charge in [0.25, 0.3) is 0 Å². The lowest BCUT2D eigenvalue weighted by Crippen LogP contribution is -2.51. The number of carbonyl (C=O) groups excluding carboxylic acids is 1. The second-order valence-electron chi connectivity index (χ2n) is 3.84. The summed E-state index contributed by atoms with van der Waals surface area (Å²) in [6, 6.07) is 0. The molecule has 14 heavy (non-hydrogen) atoms. The van der Waals surface area contributed by atoms with Gasteiger partial charge in [0.2, 0.25) is 5.91 Å². The van der Waals surface area contributed by atoms with E-state index in [0.717, 1.165) is 12.8 Å². The second-order valence-corrected chi connectivity index (χ2v) is 3.84. The summed E-state index contributed by atoms with van der Waals surface area (Å²) in [5, 5.41) is 2.84. The fourth-order valence-electron chi connectivity index (χ4n) is 1.52. The number of hydrogen-bond acceptors (Lipinski definition) is 3. The van der Waals surface area contributed by atoms with Crippen LogP contribution in [0.25, 0.3) is 0 Å². The molecule has 1 unspecified atom stereocenters. The number of rotatable bonds is 5. The Balaban J connectivity index is 2.28. The molecule has 0 aromatic heterocycles. The van der Waals surface area contributed by atoms with Crippen molar-refractivity contribution in [3.63, 3.8) is 0 Å². The van der Waals surface area contributed by atoms with Gasteiger partial charge in [-0.25, -0.2) is 0 Å². The summed E-state index contributed by atoms with van der Waals surface area (Å²) >= 11 is 0. The van der Waals surface area contributed by atoms with E-state index in [2.05, 4.69) is 5.32 Å². The Bertz CT molecular complexity index is 196. The van der Waals surface area contributed by atoms with Crippen LogP contribution in [0, 0.1) is 0 Å². The third-order valence-electron chi connectivity index (χ3n) is 3.01. The maximum atomic E-state index is 11.4. The van der Waals surface area contributed by atoms with E-state index in [1.54, 1.807) is 14.0 Å². The van der Waals surface area contributed by atoms with Crippen LogP contribution >= 0.6 is 0 Å². The first-order valence-corrected chi connectivity index (χ1v) is 4.99. The summed E-state index contributed by atoms with van der Waals surface area (Å²) in [6.45, 7) is 2.33. The monoisotopic (exact) mass is 201 g/mol. The number of carbonyl (C=O) groups is 1. The Morgan fingerprint density at radius 3 is 2.50 bits per heavy atom. The van der Waals surface area contributed by atoms with Crippen LogP contribution in [0.1, 0.15) is 26.2 Å². The van der Waals surface area contributed by atoms with Gasteiger partial charge in [0.15, 0.2) is 0 Å². The highest BCUT2D eigenvalue weighted by atomic mass is 16.5. The molecule has 4 heteroatoms. The van der Waals surface area contributed by atoms with Crippen LogP contribution in [0.2, 0.25) is 0 Å². The summed E-state index contributed by atoms with van der Waals surface area (Å²) in [5.41, 5.74) is -0.108. The van der Waals surface area contributed by atoms with E-state index in [1.165, 1.54) is 13.5 Å². The standard InChI is InChI=1S/C10H19NO3/c1-8(13-2)9(12)11-7-10(14-3)5-4-6-10/h8H,4-7H2,1-3H3,(H,11,12). The molecule has 0 aromatic rings. The van der Waals surface area contributed by atoms with Crippen LogP contribution in [-0.4, -0.2) is 38.4 Å². The van der Waals surface area contributed by atoms with Crippen molar-refractivity contribution in [2.75, 3.05) is 20.8 Å². The molecule has 1 fully saturated rings. The molecule has 0 aliphatic heterocycles. The Labute approximate surface area is 85.0 Å². The van der Waals surface area contributed by atoms with E-state index in [9.17, 15) is 4.79 Å². The summed E-state index contributed by atoms with van der Waals surface area (Å²) in [5.74, 6) is -0.0733. The molecule has 1 aliphatic carbocycles. The lowest BCUT2D eigenvalue weighted by Gasteiger charge is -2.40. The van der Waals surface area contributed by atoms with E-state index in [-0.39, 0.29) is 17.6 Å². The normalized spacial score (nSPS) is 21.1. The Hall–Kier alpha value is -0.610. The van der Waals surface area contributed by atoms with Crippen LogP contribution in [0.3, 0.4) is 0 Å². The third-order valence-corrected chi connectivity index (χ3v) is 3.01. The van der Waals surface area contributed by atoms with Gasteiger partial charge in [0.1, 0.15) is 6.10 Å². The van der Waals surface area contributed by atoms with E-state index in [4.69, 9.17) is 9.47 Å². The van der Waals surface area contributed by atoms with Crippen molar-refractivity contribution in [3.8, 4) is 0 Å². The van der Waals surface area contributed by atoms with Gasteiger partial charge >= 0.3 is 0 Å². The quantitative estimate of drug-likeness (QED) is 0.712. The Morgan fingerprint density at radius 2 is 2.14 bits per heavy atom. The molecule has 0 spiro atoms. The first-order chi connectivity index (χ1) is 6.63. The predicted molar refractivity (Wildman–Crippen MR) is 53.1 cm³/mol. The van der Waals surface area contributed by atoms with Crippen molar-refractivity contribution >= 4 is 5.91 Å². The molecule has 0 bridgehead atoms. The predicted octanol–water partition coefficient (Wildman–Crippen LogP) is 0.707. The minimum absolute atomic E-state index is 0.0733. The molecule has 4 nitrogen and oxygen atoms in total. The van der Waals surface area contributed by atoms with Crippen molar-refractivity contribution < 1.29 is 14.3 Å². The maximum Gasteiger partial charge on any atom is 0.248 e. The minimum atomic E-state index is -0.385. The summed E-state index contributed by atoms with van der Waals surface area (Å²) < 4.78 is 10.3. The average Bonchev–Trinajstić information content (AvgIpc) is 2.15. The molecule has 0 aromatic carbocycles. The number of nitrogens with one attached hydrogen (secondary N) is 1. The molecule has 1 aliphatic rings. The topological polar surface area (TPSA) is 47.6 Å². The van der Waals surface area contributed by atoms with Crippen LogP contribution < -0.4 is 5.32 Å². The number of methoxy groups -OCH3 is 2. The van der Waals surface area contributed by atoms with E-state index in [0.29, 0.717) is 6.54 Å². The van der Waals surface area contributed by atoms with Gasteiger partial charge in [-0.15, -0.1) is 0 Å².